The zero-order chi connectivity index (χ0) is 9.40. The molecule has 0 aromatic carbocycles. The number of hydrogen-bond donors (Lipinski definition) is 1. The molecule has 0 aromatic rings. The van der Waals surface area contributed by atoms with E-state index in [4.69, 9.17) is 5.73 Å². The second kappa shape index (κ2) is 7.93. The maximum atomic E-state index is 5.97. The van der Waals surface area contributed by atoms with Gasteiger partial charge in [0, 0.05) is 11.8 Å². The molecule has 0 bridgehead atoms. The molecule has 0 amide bonds. The van der Waals surface area contributed by atoms with Crippen LogP contribution in [0.1, 0.15) is 40.0 Å². The molecule has 0 aliphatic carbocycles. The molecule has 2 atom stereocenters. The first kappa shape index (κ1) is 12.3. The Morgan fingerprint density at radius 3 is 2.50 bits per heavy atom. The fourth-order valence-corrected chi connectivity index (χ4v) is 2.14. The summed E-state index contributed by atoms with van der Waals surface area (Å²) in [6, 6.07) is 0.413. The molecule has 0 saturated carbocycles. The van der Waals surface area contributed by atoms with Crippen molar-refractivity contribution in [1.29, 1.82) is 0 Å². The second-order valence-corrected chi connectivity index (χ2v) is 4.87. The lowest BCUT2D eigenvalue weighted by molar-refractivity contribution is 0.450. The summed E-state index contributed by atoms with van der Waals surface area (Å²) in [4.78, 5) is 0. The third-order valence-corrected chi connectivity index (χ3v) is 3.09. The average Bonchev–Trinajstić information content (AvgIpc) is 2.01. The Morgan fingerprint density at radius 2 is 2.00 bits per heavy atom. The molecule has 0 aliphatic heterocycles. The van der Waals surface area contributed by atoms with Crippen LogP contribution in [-0.2, 0) is 0 Å². The topological polar surface area (TPSA) is 26.0 Å². The van der Waals surface area contributed by atoms with E-state index in [1.165, 1.54) is 25.0 Å². The van der Waals surface area contributed by atoms with Gasteiger partial charge in [-0.2, -0.15) is 11.8 Å². The maximum absolute atomic E-state index is 5.97. The summed E-state index contributed by atoms with van der Waals surface area (Å²) in [5, 5.41) is 0. The average molecular weight is 189 g/mol. The van der Waals surface area contributed by atoms with Gasteiger partial charge in [-0.05, 0) is 18.1 Å². The van der Waals surface area contributed by atoms with Crippen molar-refractivity contribution in [2.45, 2.75) is 46.1 Å². The van der Waals surface area contributed by atoms with Crippen molar-refractivity contribution >= 4 is 11.8 Å². The van der Waals surface area contributed by atoms with E-state index in [0.29, 0.717) is 6.04 Å². The molecule has 0 heterocycles. The molecule has 0 saturated heterocycles. The number of hydrogen-bond acceptors (Lipinski definition) is 2. The van der Waals surface area contributed by atoms with Crippen LogP contribution in [0, 0.1) is 5.92 Å². The Hall–Kier alpha value is 0.310. The van der Waals surface area contributed by atoms with Crippen molar-refractivity contribution in [3.05, 3.63) is 0 Å². The predicted molar refractivity (Wildman–Crippen MR) is 59.7 cm³/mol. The third kappa shape index (κ3) is 6.99. The first-order chi connectivity index (χ1) is 5.70. The lowest BCUT2D eigenvalue weighted by atomic mass is 9.99. The van der Waals surface area contributed by atoms with Gasteiger partial charge in [-0.1, -0.05) is 33.6 Å². The summed E-state index contributed by atoms with van der Waals surface area (Å²) in [6.07, 6.45) is 3.81. The van der Waals surface area contributed by atoms with Gasteiger partial charge in [-0.15, -0.1) is 0 Å². The minimum Gasteiger partial charge on any atom is -0.327 e. The predicted octanol–water partition coefficient (Wildman–Crippen LogP) is 2.89. The van der Waals surface area contributed by atoms with Crippen LogP contribution >= 0.6 is 11.8 Å². The number of nitrogens with two attached hydrogens (primary N) is 1. The highest BCUT2D eigenvalue weighted by atomic mass is 32.2. The highest BCUT2D eigenvalue weighted by Gasteiger charge is 2.07. The monoisotopic (exact) mass is 189 g/mol. The van der Waals surface area contributed by atoms with Gasteiger partial charge in [0.25, 0.3) is 0 Å². The van der Waals surface area contributed by atoms with E-state index in [-0.39, 0.29) is 0 Å². The molecule has 0 aromatic heterocycles. The van der Waals surface area contributed by atoms with Crippen LogP contribution in [0.15, 0.2) is 0 Å². The van der Waals surface area contributed by atoms with Gasteiger partial charge in [0.15, 0.2) is 0 Å². The normalized spacial score (nSPS) is 16.0. The van der Waals surface area contributed by atoms with Crippen LogP contribution < -0.4 is 5.73 Å². The molecule has 12 heavy (non-hydrogen) atoms. The Labute approximate surface area is 81.5 Å². The van der Waals surface area contributed by atoms with Crippen LogP contribution in [0.25, 0.3) is 0 Å². The largest absolute Gasteiger partial charge is 0.327 e. The molecular formula is C10H23NS. The van der Waals surface area contributed by atoms with Crippen molar-refractivity contribution in [3.63, 3.8) is 0 Å². The SMILES string of the molecule is CCCC(C)CC(N)CSCC. The highest BCUT2D eigenvalue weighted by molar-refractivity contribution is 7.99. The molecule has 2 heteroatoms. The fourth-order valence-electron chi connectivity index (χ4n) is 1.46. The molecule has 74 valence electrons. The van der Waals surface area contributed by atoms with E-state index < -0.39 is 0 Å². The summed E-state index contributed by atoms with van der Waals surface area (Å²) in [6.45, 7) is 6.73. The Kier molecular flexibility index (Phi) is 8.14. The minimum atomic E-state index is 0.413. The van der Waals surface area contributed by atoms with Gasteiger partial charge in [0.1, 0.15) is 0 Å². The van der Waals surface area contributed by atoms with Gasteiger partial charge in [0.05, 0.1) is 0 Å². The smallest absolute Gasteiger partial charge is 0.0132 e. The molecule has 0 fully saturated rings. The van der Waals surface area contributed by atoms with Crippen LogP contribution in [0.5, 0.6) is 0 Å². The Bertz CT molecular complexity index is 95.8. The van der Waals surface area contributed by atoms with E-state index in [1.54, 1.807) is 0 Å². The highest BCUT2D eigenvalue weighted by Crippen LogP contribution is 2.13. The molecule has 0 aliphatic rings. The summed E-state index contributed by atoms with van der Waals surface area (Å²) in [5.41, 5.74) is 5.97. The first-order valence-electron chi connectivity index (χ1n) is 5.04. The quantitative estimate of drug-likeness (QED) is 0.666. The maximum Gasteiger partial charge on any atom is 0.0132 e. The van der Waals surface area contributed by atoms with E-state index in [9.17, 15) is 0 Å². The number of thioether (sulfide) groups is 1. The molecule has 2 unspecified atom stereocenters. The molecule has 0 spiro atoms. The zero-order valence-corrected chi connectivity index (χ0v) is 9.49. The van der Waals surface area contributed by atoms with Gasteiger partial charge in [-0.3, -0.25) is 0 Å². The van der Waals surface area contributed by atoms with E-state index in [1.807, 2.05) is 11.8 Å². The summed E-state index contributed by atoms with van der Waals surface area (Å²) < 4.78 is 0. The van der Waals surface area contributed by atoms with Crippen molar-refractivity contribution in [2.75, 3.05) is 11.5 Å². The van der Waals surface area contributed by atoms with Crippen molar-refractivity contribution in [1.82, 2.24) is 0 Å². The third-order valence-electron chi connectivity index (χ3n) is 2.02. The molecule has 2 N–H and O–H groups in total. The second-order valence-electron chi connectivity index (χ2n) is 3.55. The molecular weight excluding hydrogens is 166 g/mol. The van der Waals surface area contributed by atoms with Gasteiger partial charge < -0.3 is 5.73 Å². The van der Waals surface area contributed by atoms with Crippen molar-refractivity contribution in [2.24, 2.45) is 11.7 Å². The molecule has 0 rings (SSSR count). The standard InChI is InChI=1S/C10H23NS/c1-4-6-9(3)7-10(11)8-12-5-2/h9-10H,4-8,11H2,1-3H3. The van der Waals surface area contributed by atoms with E-state index in [0.717, 1.165) is 11.7 Å². The lowest BCUT2D eigenvalue weighted by Gasteiger charge is -2.15. The van der Waals surface area contributed by atoms with Gasteiger partial charge >= 0.3 is 0 Å². The first-order valence-corrected chi connectivity index (χ1v) is 6.19. The Morgan fingerprint density at radius 1 is 1.33 bits per heavy atom. The summed E-state index contributed by atoms with van der Waals surface area (Å²) in [5.74, 6) is 3.13. The van der Waals surface area contributed by atoms with Crippen LogP contribution in [0.3, 0.4) is 0 Å². The van der Waals surface area contributed by atoms with Gasteiger partial charge in [0.2, 0.25) is 0 Å². The van der Waals surface area contributed by atoms with E-state index in [2.05, 4.69) is 20.8 Å². The van der Waals surface area contributed by atoms with Gasteiger partial charge in [-0.25, -0.2) is 0 Å². The molecule has 0 radical (unpaired) electrons. The minimum absolute atomic E-state index is 0.413. The summed E-state index contributed by atoms with van der Waals surface area (Å²) in [7, 11) is 0. The summed E-state index contributed by atoms with van der Waals surface area (Å²) >= 11 is 1.95. The van der Waals surface area contributed by atoms with E-state index >= 15 is 0 Å². The fraction of sp³-hybridized carbons (Fsp3) is 1.00. The number of rotatable bonds is 7. The van der Waals surface area contributed by atoms with Crippen molar-refractivity contribution < 1.29 is 0 Å². The van der Waals surface area contributed by atoms with Crippen LogP contribution in [0.4, 0.5) is 0 Å². The van der Waals surface area contributed by atoms with Crippen molar-refractivity contribution in [3.8, 4) is 0 Å². The Balaban J connectivity index is 3.33. The molecule has 1 nitrogen and oxygen atoms in total. The lowest BCUT2D eigenvalue weighted by Crippen LogP contribution is -2.25. The van der Waals surface area contributed by atoms with Crippen LogP contribution in [-0.4, -0.2) is 17.5 Å². The van der Waals surface area contributed by atoms with Crippen LogP contribution in [0.2, 0.25) is 0 Å². The zero-order valence-electron chi connectivity index (χ0n) is 8.68.